The van der Waals surface area contributed by atoms with Gasteiger partial charge in [-0.05, 0) is 0 Å². The van der Waals surface area contributed by atoms with Gasteiger partial charge in [0.2, 0.25) is 0 Å². The van der Waals surface area contributed by atoms with Gasteiger partial charge in [0.25, 0.3) is 0 Å². The minimum atomic E-state index is -2.03. The van der Waals surface area contributed by atoms with Gasteiger partial charge in [0.05, 0.1) is 0 Å². The van der Waals surface area contributed by atoms with Crippen LogP contribution in [-0.4, -0.2) is 40.7 Å². The summed E-state index contributed by atoms with van der Waals surface area (Å²) in [6.45, 7) is 0. The molecule has 0 aromatic heterocycles. The van der Waals surface area contributed by atoms with Crippen LogP contribution in [0.2, 0.25) is 0 Å². The molecular weight excluding hydrogens is 382 g/mol. The van der Waals surface area contributed by atoms with E-state index in [-0.39, 0.29) is 36.3 Å². The third-order valence-electron chi connectivity index (χ3n) is 0. The van der Waals surface area contributed by atoms with Crippen molar-refractivity contribution in [2.75, 3.05) is 0 Å². The average Bonchev–Trinajstić information content (AvgIpc) is 0.811. The molecule has 0 N–H and O–H groups in total. The molecule has 38 valence electrons. The Morgan fingerprint density at radius 2 is 1.00 bits per heavy atom. The average molecular weight is 383 g/mol. The zero-order chi connectivity index (χ0) is 3.58. The first-order valence-corrected chi connectivity index (χ1v) is 10.2. The van der Waals surface area contributed by atoms with Crippen molar-refractivity contribution in [3.05, 3.63) is 0 Å². The fraction of sp³-hybridized carbons (Fsp3) is 0. The first-order chi connectivity index (χ1) is 1.73. The Balaban J connectivity index is -0.0000000450. The molecule has 0 aromatic rings. The summed E-state index contributed by atoms with van der Waals surface area (Å²) < 4.78 is 0. The van der Waals surface area contributed by atoms with E-state index in [2.05, 4.69) is 0 Å². The molecule has 0 spiro atoms. The molecule has 0 bridgehead atoms. The molecule has 0 fully saturated rings. The van der Waals surface area contributed by atoms with E-state index in [0.29, 0.717) is 0 Å². The second-order valence-electron chi connectivity index (χ2n) is 0.192. The molecule has 6 heavy (non-hydrogen) atoms. The Hall–Kier alpha value is 2.78. The smallest absolute Gasteiger partial charge is 0 e. The Bertz CT molecular complexity index is 12.3. The molecule has 0 saturated carbocycles. The number of halogens is 4. The van der Waals surface area contributed by atoms with Crippen molar-refractivity contribution in [2.45, 2.75) is 0 Å². The SMILES string of the molecule is Cl.[Cl][Sb]([Cl])[Cl].[Sn]. The molecule has 0 amide bonds. The van der Waals surface area contributed by atoms with Crippen LogP contribution in [0.3, 0.4) is 0 Å². The van der Waals surface area contributed by atoms with Gasteiger partial charge in [0.1, 0.15) is 0 Å². The molecule has 0 saturated heterocycles. The maximum atomic E-state index is 4.99. The van der Waals surface area contributed by atoms with Crippen molar-refractivity contribution in [1.29, 1.82) is 0 Å². The standard InChI is InChI=1S/4ClH.Sb.Sn/h4*1H;;/q;;;;+3;/p-3. The second-order valence-corrected chi connectivity index (χ2v) is 11.6. The molecule has 0 nitrogen and oxygen atoms in total. The number of hydrogen-bond acceptors (Lipinski definition) is 0. The van der Waals surface area contributed by atoms with Crippen molar-refractivity contribution in [1.82, 2.24) is 0 Å². The molecule has 6 heteroatoms. The van der Waals surface area contributed by atoms with Crippen LogP contribution in [0.25, 0.3) is 0 Å². The molecule has 4 radical (unpaired) electrons. The first-order valence-electron chi connectivity index (χ1n) is 0.507. The Morgan fingerprint density at radius 1 is 1.00 bits per heavy atom. The van der Waals surface area contributed by atoms with Gasteiger partial charge in [-0.2, -0.15) is 0 Å². The van der Waals surface area contributed by atoms with Gasteiger partial charge in [-0.15, -0.1) is 12.4 Å². The van der Waals surface area contributed by atoms with Crippen molar-refractivity contribution >= 4 is 79.6 Å². The van der Waals surface area contributed by atoms with E-state index in [9.17, 15) is 0 Å². The number of rotatable bonds is 0. The summed E-state index contributed by atoms with van der Waals surface area (Å²) >= 11 is -2.03. The van der Waals surface area contributed by atoms with Gasteiger partial charge in [-0.25, -0.2) is 0 Å². The minimum Gasteiger partial charge on any atom is 0 e. The van der Waals surface area contributed by atoms with Crippen molar-refractivity contribution in [3.8, 4) is 0 Å². The van der Waals surface area contributed by atoms with E-state index >= 15 is 0 Å². The fourth-order valence-corrected chi connectivity index (χ4v) is 0. The monoisotopic (exact) mass is 382 g/mol. The number of hydrogen-bond donors (Lipinski definition) is 0. The zero-order valence-electron chi connectivity index (χ0n) is 2.49. The molecule has 0 aromatic carbocycles. The quantitative estimate of drug-likeness (QED) is 0.559. The van der Waals surface area contributed by atoms with E-state index < -0.39 is 16.8 Å². The van der Waals surface area contributed by atoms with Crippen LogP contribution in [0.5, 0.6) is 0 Å². The fourth-order valence-electron chi connectivity index (χ4n) is 0. The Kier molecular flexibility index (Phi) is 28.4. The van der Waals surface area contributed by atoms with E-state index in [0.717, 1.165) is 0 Å². The van der Waals surface area contributed by atoms with Crippen LogP contribution >= 0.6 is 38.9 Å². The predicted octanol–water partition coefficient (Wildman–Crippen LogP) is 1.73. The topological polar surface area (TPSA) is 0 Å². The van der Waals surface area contributed by atoms with E-state index in [1.165, 1.54) is 0 Å². The summed E-state index contributed by atoms with van der Waals surface area (Å²) in [4.78, 5) is 0. The summed E-state index contributed by atoms with van der Waals surface area (Å²) in [7, 11) is 15.0. The minimum absolute atomic E-state index is 0. The van der Waals surface area contributed by atoms with E-state index in [1.807, 2.05) is 0 Å². The van der Waals surface area contributed by atoms with Crippen molar-refractivity contribution in [3.63, 3.8) is 0 Å². The maximum Gasteiger partial charge on any atom is 0 e. The Labute approximate surface area is 78.3 Å². The predicted molar refractivity (Wildman–Crippen MR) is 36.3 cm³/mol. The summed E-state index contributed by atoms with van der Waals surface area (Å²) in [5.74, 6) is 0. The van der Waals surface area contributed by atoms with Gasteiger partial charge in [0, 0.05) is 23.9 Å². The zero-order valence-corrected chi connectivity index (χ0v) is 11.0. The third-order valence-corrected chi connectivity index (χ3v) is 0. The summed E-state index contributed by atoms with van der Waals surface area (Å²) in [5, 5.41) is 0. The van der Waals surface area contributed by atoms with Gasteiger partial charge in [-0.1, -0.05) is 0 Å². The van der Waals surface area contributed by atoms with E-state index in [1.54, 1.807) is 0 Å². The molecule has 0 rings (SSSR count). The molecule has 0 unspecified atom stereocenters. The van der Waals surface area contributed by atoms with Crippen molar-refractivity contribution < 1.29 is 0 Å². The maximum absolute atomic E-state index is 4.99. The van der Waals surface area contributed by atoms with Gasteiger partial charge >= 0.3 is 43.3 Å². The first kappa shape index (κ1) is 15.9. The van der Waals surface area contributed by atoms with Gasteiger partial charge in [-0.3, -0.25) is 0 Å². The summed E-state index contributed by atoms with van der Waals surface area (Å²) in [6.07, 6.45) is 0. The normalized spacial score (nSPS) is 6.00. The summed E-state index contributed by atoms with van der Waals surface area (Å²) in [6, 6.07) is 0. The second kappa shape index (κ2) is 10.7. The molecule has 0 aliphatic heterocycles. The van der Waals surface area contributed by atoms with Crippen LogP contribution in [0, 0.1) is 0 Å². The third kappa shape index (κ3) is 29.3. The van der Waals surface area contributed by atoms with Crippen LogP contribution in [0.1, 0.15) is 0 Å². The molecule has 0 aliphatic rings. The van der Waals surface area contributed by atoms with Crippen LogP contribution in [0.15, 0.2) is 0 Å². The van der Waals surface area contributed by atoms with Crippen molar-refractivity contribution in [2.24, 2.45) is 0 Å². The molecule has 0 atom stereocenters. The van der Waals surface area contributed by atoms with Gasteiger partial charge < -0.3 is 0 Å². The van der Waals surface area contributed by atoms with Crippen LogP contribution in [-0.2, 0) is 0 Å². The Morgan fingerprint density at radius 3 is 1.00 bits per heavy atom. The van der Waals surface area contributed by atoms with Crippen LogP contribution in [0.4, 0.5) is 0 Å². The van der Waals surface area contributed by atoms with Gasteiger partial charge in [0.15, 0.2) is 0 Å². The largest absolute Gasteiger partial charge is 0 e. The summed E-state index contributed by atoms with van der Waals surface area (Å²) in [5.41, 5.74) is 0. The van der Waals surface area contributed by atoms with E-state index in [4.69, 9.17) is 26.5 Å². The molecule has 0 aliphatic carbocycles. The molecule has 0 heterocycles. The molecular formula is HCl4SbSn. The van der Waals surface area contributed by atoms with Crippen LogP contribution < -0.4 is 0 Å².